The second kappa shape index (κ2) is 4.80. The molecule has 0 aliphatic rings. The maximum atomic E-state index is 13.7. The lowest BCUT2D eigenvalue weighted by Crippen LogP contribution is -2.04. The Balaban J connectivity index is 2.44. The van der Waals surface area contributed by atoms with Crippen molar-refractivity contribution in [3.8, 4) is 0 Å². The summed E-state index contributed by atoms with van der Waals surface area (Å²) < 4.78 is 14.1. The van der Waals surface area contributed by atoms with Crippen LogP contribution in [0.15, 0.2) is 46.9 Å². The van der Waals surface area contributed by atoms with Crippen molar-refractivity contribution in [3.05, 3.63) is 69.4 Å². The molecule has 0 aliphatic carbocycles. The second-order valence-corrected chi connectivity index (χ2v) is 4.65. The molecule has 2 rings (SSSR count). The number of carbonyl (C=O) groups excluding carboxylic acids is 1. The standard InChI is InChI=1S/C14H10BrFO/c1-9-5-7-10(8-6-9)14(17)11-3-2-4-12(15)13(11)16/h2-8H,1H3. The van der Waals surface area contributed by atoms with Crippen molar-refractivity contribution in [2.45, 2.75) is 6.92 Å². The summed E-state index contributed by atoms with van der Waals surface area (Å²) in [6, 6.07) is 11.8. The Hall–Kier alpha value is -1.48. The predicted octanol–water partition coefficient (Wildman–Crippen LogP) is 4.13. The molecule has 0 atom stereocenters. The molecule has 3 heteroatoms. The third-order valence-electron chi connectivity index (χ3n) is 2.51. The highest BCUT2D eigenvalue weighted by Crippen LogP contribution is 2.21. The minimum Gasteiger partial charge on any atom is -0.288 e. The normalized spacial score (nSPS) is 10.3. The van der Waals surface area contributed by atoms with Crippen LogP contribution < -0.4 is 0 Å². The molecule has 0 radical (unpaired) electrons. The molecule has 0 N–H and O–H groups in total. The number of halogens is 2. The first-order valence-electron chi connectivity index (χ1n) is 5.15. The molecule has 0 unspecified atom stereocenters. The van der Waals surface area contributed by atoms with Gasteiger partial charge in [-0.3, -0.25) is 4.79 Å². The molecule has 0 saturated heterocycles. The van der Waals surface area contributed by atoms with Gasteiger partial charge in [-0.25, -0.2) is 4.39 Å². The quantitative estimate of drug-likeness (QED) is 0.761. The molecule has 0 heterocycles. The van der Waals surface area contributed by atoms with Crippen molar-refractivity contribution in [1.29, 1.82) is 0 Å². The Morgan fingerprint density at radius 2 is 1.76 bits per heavy atom. The topological polar surface area (TPSA) is 17.1 Å². The van der Waals surface area contributed by atoms with Crippen molar-refractivity contribution < 1.29 is 9.18 Å². The highest BCUT2D eigenvalue weighted by Gasteiger charge is 2.15. The van der Waals surface area contributed by atoms with Gasteiger partial charge in [-0.2, -0.15) is 0 Å². The smallest absolute Gasteiger partial charge is 0.196 e. The zero-order valence-corrected chi connectivity index (χ0v) is 10.8. The number of hydrogen-bond acceptors (Lipinski definition) is 1. The van der Waals surface area contributed by atoms with Crippen molar-refractivity contribution in [2.24, 2.45) is 0 Å². The van der Waals surface area contributed by atoms with Gasteiger partial charge in [0.2, 0.25) is 0 Å². The number of carbonyl (C=O) groups is 1. The Morgan fingerprint density at radius 1 is 1.12 bits per heavy atom. The summed E-state index contributed by atoms with van der Waals surface area (Å²) in [7, 11) is 0. The average Bonchev–Trinajstić information content (AvgIpc) is 2.33. The van der Waals surface area contributed by atoms with Crippen LogP contribution in [-0.4, -0.2) is 5.78 Å². The van der Waals surface area contributed by atoms with Crippen LogP contribution >= 0.6 is 15.9 Å². The first kappa shape index (κ1) is 12.0. The summed E-state index contributed by atoms with van der Waals surface area (Å²) in [5, 5.41) is 0. The van der Waals surface area contributed by atoms with E-state index in [0.717, 1.165) is 5.56 Å². The molecule has 0 fully saturated rings. The fourth-order valence-electron chi connectivity index (χ4n) is 1.54. The molecule has 2 aromatic rings. The number of aryl methyl sites for hydroxylation is 1. The zero-order chi connectivity index (χ0) is 12.4. The van der Waals surface area contributed by atoms with Crippen LogP contribution in [0.1, 0.15) is 21.5 Å². The fraction of sp³-hybridized carbons (Fsp3) is 0.0714. The molecule has 0 saturated carbocycles. The number of rotatable bonds is 2. The zero-order valence-electron chi connectivity index (χ0n) is 9.21. The maximum Gasteiger partial charge on any atom is 0.196 e. The SMILES string of the molecule is Cc1ccc(C(=O)c2cccc(Br)c2F)cc1. The van der Waals surface area contributed by atoms with E-state index < -0.39 is 5.82 Å². The highest BCUT2D eigenvalue weighted by atomic mass is 79.9. The largest absolute Gasteiger partial charge is 0.288 e. The van der Waals surface area contributed by atoms with Gasteiger partial charge in [0.05, 0.1) is 10.0 Å². The lowest BCUT2D eigenvalue weighted by molar-refractivity contribution is 0.103. The summed E-state index contributed by atoms with van der Waals surface area (Å²) in [4.78, 5) is 12.1. The molecule has 0 bridgehead atoms. The van der Waals surface area contributed by atoms with Gasteiger partial charge in [0, 0.05) is 5.56 Å². The molecule has 0 aromatic heterocycles. The minimum absolute atomic E-state index is 0.0863. The van der Waals surface area contributed by atoms with Gasteiger partial charge in [0.1, 0.15) is 5.82 Å². The van der Waals surface area contributed by atoms with E-state index in [1.54, 1.807) is 24.3 Å². The lowest BCUT2D eigenvalue weighted by atomic mass is 10.0. The fourth-order valence-corrected chi connectivity index (χ4v) is 1.91. The van der Waals surface area contributed by atoms with Crippen molar-refractivity contribution in [3.63, 3.8) is 0 Å². The van der Waals surface area contributed by atoms with Crippen LogP contribution in [0.3, 0.4) is 0 Å². The van der Waals surface area contributed by atoms with Crippen LogP contribution in [0.4, 0.5) is 4.39 Å². The van der Waals surface area contributed by atoms with Gasteiger partial charge in [0.15, 0.2) is 5.78 Å². The minimum atomic E-state index is -0.516. The number of ketones is 1. The first-order chi connectivity index (χ1) is 8.09. The van der Waals surface area contributed by atoms with E-state index in [4.69, 9.17) is 0 Å². The molecule has 0 spiro atoms. The van der Waals surface area contributed by atoms with Crippen molar-refractivity contribution in [1.82, 2.24) is 0 Å². The maximum absolute atomic E-state index is 13.7. The van der Waals surface area contributed by atoms with Gasteiger partial charge >= 0.3 is 0 Å². The van der Waals surface area contributed by atoms with Gasteiger partial charge in [-0.1, -0.05) is 35.9 Å². The van der Waals surface area contributed by atoms with Gasteiger partial charge < -0.3 is 0 Å². The van der Waals surface area contributed by atoms with Gasteiger partial charge in [0.25, 0.3) is 0 Å². The molecule has 86 valence electrons. The summed E-state index contributed by atoms with van der Waals surface area (Å²) in [6.45, 7) is 1.94. The molecule has 17 heavy (non-hydrogen) atoms. The summed E-state index contributed by atoms with van der Waals surface area (Å²) in [6.07, 6.45) is 0. The third-order valence-corrected chi connectivity index (χ3v) is 3.12. The predicted molar refractivity (Wildman–Crippen MR) is 68.7 cm³/mol. The third kappa shape index (κ3) is 2.44. The Bertz CT molecular complexity index is 561. The Labute approximate surface area is 107 Å². The van der Waals surface area contributed by atoms with Gasteiger partial charge in [-0.05, 0) is 35.0 Å². The van der Waals surface area contributed by atoms with Gasteiger partial charge in [-0.15, -0.1) is 0 Å². The van der Waals surface area contributed by atoms with E-state index in [9.17, 15) is 9.18 Å². The second-order valence-electron chi connectivity index (χ2n) is 3.80. The van der Waals surface area contributed by atoms with Crippen LogP contribution in [0.2, 0.25) is 0 Å². The van der Waals surface area contributed by atoms with E-state index in [2.05, 4.69) is 15.9 Å². The molecule has 0 amide bonds. The van der Waals surface area contributed by atoms with E-state index in [0.29, 0.717) is 10.0 Å². The van der Waals surface area contributed by atoms with E-state index in [1.165, 1.54) is 6.07 Å². The van der Waals surface area contributed by atoms with Crippen molar-refractivity contribution in [2.75, 3.05) is 0 Å². The Kier molecular flexibility index (Phi) is 3.38. The number of benzene rings is 2. The van der Waals surface area contributed by atoms with Crippen LogP contribution in [0, 0.1) is 12.7 Å². The molecular formula is C14H10BrFO. The monoisotopic (exact) mass is 292 g/mol. The van der Waals surface area contributed by atoms with Crippen LogP contribution in [0.5, 0.6) is 0 Å². The molecular weight excluding hydrogens is 283 g/mol. The summed E-state index contributed by atoms with van der Waals surface area (Å²) in [5.41, 5.74) is 1.65. The Morgan fingerprint density at radius 3 is 2.41 bits per heavy atom. The van der Waals surface area contributed by atoms with Crippen LogP contribution in [-0.2, 0) is 0 Å². The highest BCUT2D eigenvalue weighted by molar-refractivity contribution is 9.10. The van der Waals surface area contributed by atoms with E-state index in [1.807, 2.05) is 19.1 Å². The van der Waals surface area contributed by atoms with E-state index >= 15 is 0 Å². The molecule has 2 aromatic carbocycles. The summed E-state index contributed by atoms with van der Waals surface area (Å²) >= 11 is 3.07. The summed E-state index contributed by atoms with van der Waals surface area (Å²) in [5.74, 6) is -0.818. The molecule has 1 nitrogen and oxygen atoms in total. The molecule has 0 aliphatic heterocycles. The van der Waals surface area contributed by atoms with Crippen molar-refractivity contribution >= 4 is 21.7 Å². The van der Waals surface area contributed by atoms with E-state index in [-0.39, 0.29) is 11.3 Å². The number of hydrogen-bond donors (Lipinski definition) is 0. The van der Waals surface area contributed by atoms with Crippen LogP contribution in [0.25, 0.3) is 0 Å². The average molecular weight is 293 g/mol. The lowest BCUT2D eigenvalue weighted by Gasteiger charge is -2.04. The first-order valence-corrected chi connectivity index (χ1v) is 5.94.